The first kappa shape index (κ1) is 23.2. The molecule has 0 spiro atoms. The molecule has 1 aliphatic carbocycles. The summed E-state index contributed by atoms with van der Waals surface area (Å²) < 4.78 is 5.96. The third kappa shape index (κ3) is 5.03. The summed E-state index contributed by atoms with van der Waals surface area (Å²) in [6.07, 6.45) is 7.45. The van der Waals surface area contributed by atoms with Crippen LogP contribution in [0, 0.1) is 0 Å². The van der Waals surface area contributed by atoms with Gasteiger partial charge in [0.25, 0.3) is 5.91 Å². The smallest absolute Gasteiger partial charge is 0.260 e. The first-order valence-corrected chi connectivity index (χ1v) is 12.6. The van der Waals surface area contributed by atoms with Gasteiger partial charge < -0.3 is 19.9 Å². The Morgan fingerprint density at radius 1 is 1.11 bits per heavy atom. The second-order valence-corrected chi connectivity index (χ2v) is 9.49. The third-order valence-electron chi connectivity index (χ3n) is 6.87. The Morgan fingerprint density at radius 2 is 1.97 bits per heavy atom. The normalized spacial score (nSPS) is 16.5. The topological polar surface area (TPSA) is 99.3 Å². The van der Waals surface area contributed by atoms with Crippen LogP contribution in [0.4, 0.5) is 11.5 Å². The summed E-state index contributed by atoms with van der Waals surface area (Å²) in [5, 5.41) is 12.5. The van der Waals surface area contributed by atoms with Gasteiger partial charge >= 0.3 is 0 Å². The number of para-hydroxylation sites is 1. The average Bonchev–Trinajstić information content (AvgIpc) is 3.40. The molecule has 188 valence electrons. The Morgan fingerprint density at radius 3 is 2.86 bits per heavy atom. The van der Waals surface area contributed by atoms with Crippen molar-refractivity contribution in [2.75, 3.05) is 45.2 Å². The molecule has 2 aliphatic rings. The predicted molar refractivity (Wildman–Crippen MR) is 144 cm³/mol. The number of likely N-dealkylation sites (N-methyl/N-ethyl adjacent to an activating group) is 1. The number of benzene rings is 2. The van der Waals surface area contributed by atoms with Crippen molar-refractivity contribution < 1.29 is 9.53 Å². The monoisotopic (exact) mass is 495 g/mol. The Kier molecular flexibility index (Phi) is 6.28. The van der Waals surface area contributed by atoms with Gasteiger partial charge in [0.05, 0.1) is 23.0 Å². The number of hydrogen-bond acceptors (Lipinski definition) is 7. The first-order valence-electron chi connectivity index (χ1n) is 12.6. The van der Waals surface area contributed by atoms with Gasteiger partial charge in [-0.15, -0.1) is 0 Å². The zero-order chi connectivity index (χ0) is 25.2. The molecule has 1 saturated heterocycles. The third-order valence-corrected chi connectivity index (χ3v) is 6.87. The maximum atomic E-state index is 12.6. The number of fused-ring (bicyclic) bond motifs is 2. The van der Waals surface area contributed by atoms with E-state index in [0.29, 0.717) is 5.82 Å². The highest BCUT2D eigenvalue weighted by Crippen LogP contribution is 2.30. The van der Waals surface area contributed by atoms with Crippen LogP contribution in [0.25, 0.3) is 27.4 Å². The number of aromatic nitrogens is 4. The number of nitrogens with one attached hydrogen (secondary N) is 2. The lowest BCUT2D eigenvalue weighted by molar-refractivity contribution is -0.136. The molecule has 1 fully saturated rings. The van der Waals surface area contributed by atoms with Crippen LogP contribution in [0.15, 0.2) is 66.6 Å². The molecule has 9 nitrogen and oxygen atoms in total. The largest absolute Gasteiger partial charge is 0.488 e. The van der Waals surface area contributed by atoms with Gasteiger partial charge in [0.2, 0.25) is 0 Å². The van der Waals surface area contributed by atoms with Gasteiger partial charge in [-0.2, -0.15) is 5.10 Å². The fourth-order valence-corrected chi connectivity index (χ4v) is 4.70. The van der Waals surface area contributed by atoms with Crippen LogP contribution in [0.3, 0.4) is 0 Å². The lowest BCUT2D eigenvalue weighted by atomic mass is 10.0. The number of carbonyl (C=O) groups excluding carboxylic acids is 1. The highest BCUT2D eigenvalue weighted by atomic mass is 16.5. The minimum absolute atomic E-state index is 0.0353. The van der Waals surface area contributed by atoms with Gasteiger partial charge in [-0.1, -0.05) is 18.2 Å². The molecule has 0 radical (unpaired) electrons. The van der Waals surface area contributed by atoms with Crippen LogP contribution in [-0.4, -0.2) is 75.7 Å². The van der Waals surface area contributed by atoms with Crippen molar-refractivity contribution in [1.29, 1.82) is 0 Å². The van der Waals surface area contributed by atoms with Crippen molar-refractivity contribution in [2.45, 2.75) is 12.8 Å². The molecular formula is C28H29N7O2. The number of rotatable bonds is 6. The molecule has 2 N–H and O–H groups in total. The Labute approximate surface area is 214 Å². The summed E-state index contributed by atoms with van der Waals surface area (Å²) >= 11 is 0. The second-order valence-electron chi connectivity index (χ2n) is 9.49. The number of piperazine rings is 1. The summed E-state index contributed by atoms with van der Waals surface area (Å²) in [5.74, 6) is 2.18. The Bertz CT molecular complexity index is 1520. The number of hydrogen-bond donors (Lipinski definition) is 2. The van der Waals surface area contributed by atoms with Gasteiger partial charge in [0.15, 0.2) is 12.4 Å². The van der Waals surface area contributed by atoms with E-state index in [1.807, 2.05) is 53.4 Å². The summed E-state index contributed by atoms with van der Waals surface area (Å²) in [6, 6.07) is 14.0. The van der Waals surface area contributed by atoms with Gasteiger partial charge in [-0.25, -0.2) is 9.97 Å². The Hall–Kier alpha value is -4.24. The maximum Gasteiger partial charge on any atom is 0.260 e. The molecule has 0 saturated carbocycles. The van der Waals surface area contributed by atoms with Crippen LogP contribution >= 0.6 is 0 Å². The van der Waals surface area contributed by atoms with E-state index in [9.17, 15) is 4.79 Å². The minimum atomic E-state index is 0.0353. The molecule has 0 unspecified atom stereocenters. The van der Waals surface area contributed by atoms with Crippen LogP contribution in [0.1, 0.15) is 18.7 Å². The lowest BCUT2D eigenvalue weighted by Gasteiger charge is -2.32. The van der Waals surface area contributed by atoms with Gasteiger partial charge in [-0.05, 0) is 49.9 Å². The van der Waals surface area contributed by atoms with Crippen molar-refractivity contribution in [3.05, 3.63) is 72.4 Å². The van der Waals surface area contributed by atoms with E-state index in [-0.39, 0.29) is 12.5 Å². The molecule has 6 rings (SSSR count). The number of anilines is 2. The van der Waals surface area contributed by atoms with Gasteiger partial charge in [0.1, 0.15) is 5.82 Å². The summed E-state index contributed by atoms with van der Waals surface area (Å²) in [5.41, 5.74) is 3.65. The van der Waals surface area contributed by atoms with E-state index in [4.69, 9.17) is 14.7 Å². The second kappa shape index (κ2) is 10.0. The lowest BCUT2D eigenvalue weighted by Crippen LogP contribution is -2.48. The standard InChI is InChI=1S/C28H29N7O2/c1-34-11-13-35(14-12-34)26(36)18-37-22-6-4-5-19(16-22)27-31-25-8-3-2-7-23(25)28(32-27)30-21-9-10-24-20(15-21)17-29-33-24/h2-3,5,7-10,15-17H,4,6,11-14,18H2,1H3,(H,29,33)(H,30,31,32). The van der Waals surface area contributed by atoms with Gasteiger partial charge in [0, 0.05) is 54.6 Å². The van der Waals surface area contributed by atoms with E-state index in [1.54, 1.807) is 6.20 Å². The number of nitrogens with zero attached hydrogens (tertiary/aromatic N) is 5. The van der Waals surface area contributed by atoms with E-state index < -0.39 is 0 Å². The number of carbonyl (C=O) groups is 1. The van der Waals surface area contributed by atoms with E-state index in [0.717, 1.165) is 83.7 Å². The van der Waals surface area contributed by atoms with Crippen molar-refractivity contribution >= 4 is 44.8 Å². The highest BCUT2D eigenvalue weighted by molar-refractivity contribution is 5.93. The number of amides is 1. The average molecular weight is 496 g/mol. The minimum Gasteiger partial charge on any atom is -0.488 e. The fraction of sp³-hybridized carbons (Fsp3) is 0.286. The fourth-order valence-electron chi connectivity index (χ4n) is 4.70. The summed E-state index contributed by atoms with van der Waals surface area (Å²) in [7, 11) is 2.08. The molecule has 1 aliphatic heterocycles. The summed E-state index contributed by atoms with van der Waals surface area (Å²) in [4.78, 5) is 26.5. The molecule has 37 heavy (non-hydrogen) atoms. The zero-order valence-corrected chi connectivity index (χ0v) is 20.8. The molecular weight excluding hydrogens is 466 g/mol. The van der Waals surface area contributed by atoms with Crippen molar-refractivity contribution in [2.24, 2.45) is 0 Å². The number of ether oxygens (including phenoxy) is 1. The number of aromatic amines is 1. The maximum absolute atomic E-state index is 12.6. The van der Waals surface area contributed by atoms with E-state index in [1.165, 1.54) is 0 Å². The highest BCUT2D eigenvalue weighted by Gasteiger charge is 2.20. The van der Waals surface area contributed by atoms with E-state index >= 15 is 0 Å². The summed E-state index contributed by atoms with van der Waals surface area (Å²) in [6.45, 7) is 3.35. The quantitative estimate of drug-likeness (QED) is 0.415. The van der Waals surface area contributed by atoms with Crippen molar-refractivity contribution in [3.8, 4) is 0 Å². The molecule has 1 amide bonds. The zero-order valence-electron chi connectivity index (χ0n) is 20.8. The van der Waals surface area contributed by atoms with Crippen LogP contribution in [0.5, 0.6) is 0 Å². The molecule has 2 aromatic heterocycles. The van der Waals surface area contributed by atoms with E-state index in [2.05, 4.69) is 33.5 Å². The molecule has 4 aromatic rings. The molecule has 9 heteroatoms. The SMILES string of the molecule is CN1CCN(C(=O)COC2=CC(c3nc(Nc4ccc5[nH]ncc5c4)c4ccccc4n3)=CCC2)CC1. The van der Waals surface area contributed by atoms with Crippen LogP contribution < -0.4 is 5.32 Å². The first-order chi connectivity index (χ1) is 18.1. The number of H-pyrrole nitrogens is 1. The molecule has 3 heterocycles. The van der Waals surface area contributed by atoms with Gasteiger partial charge in [-0.3, -0.25) is 9.89 Å². The molecule has 0 atom stereocenters. The van der Waals surface area contributed by atoms with Crippen molar-refractivity contribution in [3.63, 3.8) is 0 Å². The van der Waals surface area contributed by atoms with Crippen LogP contribution in [-0.2, 0) is 9.53 Å². The van der Waals surface area contributed by atoms with Crippen molar-refractivity contribution in [1.82, 2.24) is 30.0 Å². The van der Waals surface area contributed by atoms with Crippen LogP contribution in [0.2, 0.25) is 0 Å². The molecule has 0 bridgehead atoms. The Balaban J connectivity index is 1.23. The molecule has 2 aromatic carbocycles. The predicted octanol–water partition coefficient (Wildman–Crippen LogP) is 4.10. The number of allylic oxidation sites excluding steroid dienone is 4.